The maximum atomic E-state index is 12.2. The van der Waals surface area contributed by atoms with Crippen molar-refractivity contribution in [3.05, 3.63) is 42.7 Å². The molecule has 0 aromatic carbocycles. The molecule has 0 spiro atoms. The van der Waals surface area contributed by atoms with Crippen LogP contribution in [-0.4, -0.2) is 33.5 Å². The van der Waals surface area contributed by atoms with Crippen molar-refractivity contribution in [3.63, 3.8) is 0 Å². The number of pyridine rings is 1. The molecular weight excluding hydrogens is 266 g/mol. The average Bonchev–Trinajstić information content (AvgIpc) is 3.03. The third kappa shape index (κ3) is 4.59. The van der Waals surface area contributed by atoms with E-state index in [2.05, 4.69) is 27.5 Å². The van der Waals surface area contributed by atoms with E-state index >= 15 is 0 Å². The van der Waals surface area contributed by atoms with Gasteiger partial charge in [-0.15, -0.1) is 0 Å². The Kier molecular flexibility index (Phi) is 5.75. The summed E-state index contributed by atoms with van der Waals surface area (Å²) >= 11 is 0. The Bertz CT molecular complexity index is 553. The Labute approximate surface area is 124 Å². The standard InChI is InChI=1S/C15H21N5O/c1-2-5-18-14-11-16-7-4-13(14)15(21)19-6-3-9-20-10-8-17-12-20/h4,7-8,10-12,18H,2-3,5-6,9H2,1H3,(H,19,21). The van der Waals surface area contributed by atoms with Gasteiger partial charge in [-0.3, -0.25) is 9.78 Å². The van der Waals surface area contributed by atoms with Gasteiger partial charge in [0.25, 0.3) is 5.91 Å². The van der Waals surface area contributed by atoms with Crippen LogP contribution in [0.1, 0.15) is 30.1 Å². The zero-order valence-corrected chi connectivity index (χ0v) is 12.2. The molecule has 2 rings (SSSR count). The third-order valence-electron chi connectivity index (χ3n) is 3.07. The minimum absolute atomic E-state index is 0.0679. The number of rotatable bonds is 8. The molecule has 0 radical (unpaired) electrons. The minimum atomic E-state index is -0.0679. The van der Waals surface area contributed by atoms with Crippen LogP contribution in [0, 0.1) is 0 Å². The molecule has 1 amide bonds. The lowest BCUT2D eigenvalue weighted by atomic mass is 10.2. The Morgan fingerprint density at radius 1 is 1.29 bits per heavy atom. The molecule has 2 aromatic rings. The number of carbonyl (C=O) groups excluding carboxylic acids is 1. The van der Waals surface area contributed by atoms with Gasteiger partial charge in [0, 0.05) is 38.2 Å². The van der Waals surface area contributed by atoms with Crippen LogP contribution in [0.4, 0.5) is 5.69 Å². The van der Waals surface area contributed by atoms with Gasteiger partial charge in [0.15, 0.2) is 0 Å². The van der Waals surface area contributed by atoms with E-state index in [1.807, 2.05) is 10.8 Å². The highest BCUT2D eigenvalue weighted by atomic mass is 16.1. The van der Waals surface area contributed by atoms with Gasteiger partial charge in [-0.05, 0) is 18.9 Å². The van der Waals surface area contributed by atoms with E-state index in [1.165, 1.54) is 0 Å². The summed E-state index contributed by atoms with van der Waals surface area (Å²) in [5, 5.41) is 6.16. The van der Waals surface area contributed by atoms with Crippen molar-refractivity contribution >= 4 is 11.6 Å². The van der Waals surface area contributed by atoms with Crippen LogP contribution >= 0.6 is 0 Å². The maximum Gasteiger partial charge on any atom is 0.253 e. The largest absolute Gasteiger partial charge is 0.383 e. The summed E-state index contributed by atoms with van der Waals surface area (Å²) in [6, 6.07) is 1.74. The second-order valence-electron chi connectivity index (χ2n) is 4.76. The molecule has 112 valence electrons. The van der Waals surface area contributed by atoms with E-state index in [0.29, 0.717) is 12.1 Å². The first-order valence-electron chi connectivity index (χ1n) is 7.23. The van der Waals surface area contributed by atoms with Crippen molar-refractivity contribution in [1.29, 1.82) is 0 Å². The SMILES string of the molecule is CCCNc1cnccc1C(=O)NCCCn1ccnc1. The first-order valence-corrected chi connectivity index (χ1v) is 7.23. The number of imidazole rings is 1. The number of nitrogens with one attached hydrogen (secondary N) is 2. The number of amides is 1. The average molecular weight is 287 g/mol. The summed E-state index contributed by atoms with van der Waals surface area (Å²) in [4.78, 5) is 20.2. The zero-order valence-electron chi connectivity index (χ0n) is 12.2. The Hall–Kier alpha value is -2.37. The molecule has 0 atom stereocenters. The number of hydrogen-bond acceptors (Lipinski definition) is 4. The van der Waals surface area contributed by atoms with Crippen LogP contribution in [0.25, 0.3) is 0 Å². The molecule has 0 aliphatic carbocycles. The van der Waals surface area contributed by atoms with Crippen LogP contribution in [0.15, 0.2) is 37.2 Å². The van der Waals surface area contributed by atoms with Crippen molar-refractivity contribution in [3.8, 4) is 0 Å². The monoisotopic (exact) mass is 287 g/mol. The molecule has 2 aromatic heterocycles. The van der Waals surface area contributed by atoms with Gasteiger partial charge in [0.1, 0.15) is 0 Å². The van der Waals surface area contributed by atoms with Gasteiger partial charge in [-0.1, -0.05) is 6.92 Å². The molecule has 0 aliphatic rings. The van der Waals surface area contributed by atoms with Crippen LogP contribution in [0.2, 0.25) is 0 Å². The second kappa shape index (κ2) is 8.04. The fourth-order valence-electron chi connectivity index (χ4n) is 1.97. The van der Waals surface area contributed by atoms with Crippen molar-refractivity contribution < 1.29 is 4.79 Å². The Morgan fingerprint density at radius 3 is 2.95 bits per heavy atom. The highest BCUT2D eigenvalue weighted by Crippen LogP contribution is 2.13. The second-order valence-corrected chi connectivity index (χ2v) is 4.76. The van der Waals surface area contributed by atoms with Crippen LogP contribution in [0.3, 0.4) is 0 Å². The molecule has 2 N–H and O–H groups in total. The van der Waals surface area contributed by atoms with Gasteiger partial charge in [-0.25, -0.2) is 4.98 Å². The molecule has 0 saturated carbocycles. The van der Waals surface area contributed by atoms with Crippen molar-refractivity contribution in [2.75, 3.05) is 18.4 Å². The summed E-state index contributed by atoms with van der Waals surface area (Å²) in [6.07, 6.45) is 10.6. The van der Waals surface area contributed by atoms with Crippen molar-refractivity contribution in [2.24, 2.45) is 0 Å². The molecule has 21 heavy (non-hydrogen) atoms. The molecule has 2 heterocycles. The quantitative estimate of drug-likeness (QED) is 0.728. The smallest absolute Gasteiger partial charge is 0.253 e. The van der Waals surface area contributed by atoms with E-state index in [9.17, 15) is 4.79 Å². The highest BCUT2D eigenvalue weighted by molar-refractivity contribution is 5.99. The summed E-state index contributed by atoms with van der Waals surface area (Å²) in [5.41, 5.74) is 1.42. The predicted octanol–water partition coefficient (Wildman–Crippen LogP) is 1.92. The molecule has 0 fully saturated rings. The number of hydrogen-bond donors (Lipinski definition) is 2. The molecular formula is C15H21N5O. The zero-order chi connectivity index (χ0) is 14.9. The summed E-state index contributed by atoms with van der Waals surface area (Å²) in [5.74, 6) is -0.0679. The van der Waals surface area contributed by atoms with E-state index in [1.54, 1.807) is 31.0 Å². The van der Waals surface area contributed by atoms with E-state index in [4.69, 9.17) is 0 Å². The van der Waals surface area contributed by atoms with E-state index < -0.39 is 0 Å². The lowest BCUT2D eigenvalue weighted by molar-refractivity contribution is 0.0953. The number of carbonyl (C=O) groups is 1. The number of aromatic nitrogens is 3. The summed E-state index contributed by atoms with van der Waals surface area (Å²) < 4.78 is 1.99. The van der Waals surface area contributed by atoms with Crippen LogP contribution in [0.5, 0.6) is 0 Å². The lowest BCUT2D eigenvalue weighted by Gasteiger charge is -2.11. The van der Waals surface area contributed by atoms with E-state index in [-0.39, 0.29) is 5.91 Å². The summed E-state index contributed by atoms with van der Waals surface area (Å²) in [6.45, 7) is 4.38. The Morgan fingerprint density at radius 2 is 2.19 bits per heavy atom. The van der Waals surface area contributed by atoms with Gasteiger partial charge in [-0.2, -0.15) is 0 Å². The fourth-order valence-corrected chi connectivity index (χ4v) is 1.97. The predicted molar refractivity (Wildman–Crippen MR) is 82.2 cm³/mol. The number of nitrogens with zero attached hydrogens (tertiary/aromatic N) is 3. The number of anilines is 1. The first-order chi connectivity index (χ1) is 10.3. The lowest BCUT2D eigenvalue weighted by Crippen LogP contribution is -2.26. The van der Waals surface area contributed by atoms with Gasteiger partial charge in [0.2, 0.25) is 0 Å². The molecule has 0 saturated heterocycles. The van der Waals surface area contributed by atoms with Crippen LogP contribution in [-0.2, 0) is 6.54 Å². The van der Waals surface area contributed by atoms with Crippen LogP contribution < -0.4 is 10.6 Å². The molecule has 0 unspecified atom stereocenters. The van der Waals surface area contributed by atoms with Crippen molar-refractivity contribution in [2.45, 2.75) is 26.3 Å². The first kappa shape index (κ1) is 15.0. The Balaban J connectivity index is 1.82. The highest BCUT2D eigenvalue weighted by Gasteiger charge is 2.10. The van der Waals surface area contributed by atoms with Gasteiger partial charge < -0.3 is 15.2 Å². The minimum Gasteiger partial charge on any atom is -0.383 e. The maximum absolute atomic E-state index is 12.2. The third-order valence-corrected chi connectivity index (χ3v) is 3.07. The molecule has 0 aliphatic heterocycles. The van der Waals surface area contributed by atoms with Gasteiger partial charge in [0.05, 0.1) is 23.8 Å². The summed E-state index contributed by atoms with van der Waals surface area (Å²) in [7, 11) is 0. The molecule has 6 nitrogen and oxygen atoms in total. The normalized spacial score (nSPS) is 10.3. The molecule has 0 bridgehead atoms. The van der Waals surface area contributed by atoms with E-state index in [0.717, 1.165) is 31.6 Å². The number of aryl methyl sites for hydroxylation is 1. The van der Waals surface area contributed by atoms with Crippen molar-refractivity contribution in [1.82, 2.24) is 19.9 Å². The molecule has 6 heteroatoms. The fraction of sp³-hybridized carbons (Fsp3) is 0.400. The topological polar surface area (TPSA) is 71.8 Å². The van der Waals surface area contributed by atoms with Gasteiger partial charge >= 0.3 is 0 Å².